The molecule has 17 heavy (non-hydrogen) atoms. The van der Waals surface area contributed by atoms with Crippen LogP contribution in [0.3, 0.4) is 0 Å². The van der Waals surface area contributed by atoms with E-state index in [9.17, 15) is 4.79 Å². The van der Waals surface area contributed by atoms with Crippen molar-refractivity contribution in [3.63, 3.8) is 0 Å². The minimum atomic E-state index is -0.0333. The summed E-state index contributed by atoms with van der Waals surface area (Å²) in [6, 6.07) is 7.84. The summed E-state index contributed by atoms with van der Waals surface area (Å²) in [6.07, 6.45) is 1.74. The first-order valence-electron chi connectivity index (χ1n) is 6.04. The standard InChI is InChI=1S/C14H20O2S/c1-3-12-5-7-13(8-6-12)14(16)11(2)17-10-4-9-15/h5-8,11,15H,3-4,9-10H2,1-2H3. The van der Waals surface area contributed by atoms with Crippen molar-refractivity contribution in [1.29, 1.82) is 0 Å². The van der Waals surface area contributed by atoms with Crippen molar-refractivity contribution in [2.45, 2.75) is 31.9 Å². The molecular formula is C14H20O2S. The maximum Gasteiger partial charge on any atom is 0.175 e. The fraction of sp³-hybridized carbons (Fsp3) is 0.500. The summed E-state index contributed by atoms with van der Waals surface area (Å²) in [7, 11) is 0. The van der Waals surface area contributed by atoms with Crippen molar-refractivity contribution in [2.24, 2.45) is 0 Å². The summed E-state index contributed by atoms with van der Waals surface area (Å²) in [4.78, 5) is 12.1. The molecule has 0 heterocycles. The molecule has 0 aliphatic heterocycles. The predicted molar refractivity (Wildman–Crippen MR) is 73.8 cm³/mol. The average Bonchev–Trinajstić information content (AvgIpc) is 2.38. The van der Waals surface area contributed by atoms with Gasteiger partial charge in [0, 0.05) is 12.2 Å². The van der Waals surface area contributed by atoms with Crippen LogP contribution in [0.1, 0.15) is 36.2 Å². The van der Waals surface area contributed by atoms with Crippen molar-refractivity contribution >= 4 is 17.5 Å². The van der Waals surface area contributed by atoms with Gasteiger partial charge in [-0.2, -0.15) is 11.8 Å². The molecule has 1 unspecified atom stereocenters. The van der Waals surface area contributed by atoms with E-state index in [-0.39, 0.29) is 17.6 Å². The van der Waals surface area contributed by atoms with E-state index in [1.165, 1.54) is 5.56 Å². The second-order valence-electron chi connectivity index (χ2n) is 4.00. The SMILES string of the molecule is CCc1ccc(C(=O)C(C)SCCCO)cc1. The van der Waals surface area contributed by atoms with E-state index >= 15 is 0 Å². The van der Waals surface area contributed by atoms with Gasteiger partial charge in [0.1, 0.15) is 0 Å². The van der Waals surface area contributed by atoms with Gasteiger partial charge in [0.25, 0.3) is 0 Å². The van der Waals surface area contributed by atoms with Crippen molar-refractivity contribution < 1.29 is 9.90 Å². The number of aliphatic hydroxyl groups excluding tert-OH is 1. The third-order valence-electron chi connectivity index (χ3n) is 2.69. The van der Waals surface area contributed by atoms with Crippen molar-refractivity contribution in [1.82, 2.24) is 0 Å². The molecule has 3 heteroatoms. The molecule has 1 aromatic rings. The first kappa shape index (κ1) is 14.3. The molecule has 0 saturated carbocycles. The average molecular weight is 252 g/mol. The summed E-state index contributed by atoms with van der Waals surface area (Å²) in [5.41, 5.74) is 2.04. The van der Waals surface area contributed by atoms with Gasteiger partial charge in [-0.25, -0.2) is 0 Å². The van der Waals surface area contributed by atoms with Gasteiger partial charge in [-0.3, -0.25) is 4.79 Å². The molecule has 0 aromatic heterocycles. The van der Waals surface area contributed by atoms with Crippen LogP contribution < -0.4 is 0 Å². The number of ketones is 1. The van der Waals surface area contributed by atoms with Crippen molar-refractivity contribution in [2.75, 3.05) is 12.4 Å². The zero-order valence-corrected chi connectivity index (χ0v) is 11.3. The maximum atomic E-state index is 12.1. The number of benzene rings is 1. The Balaban J connectivity index is 2.55. The van der Waals surface area contributed by atoms with Crippen LogP contribution in [0, 0.1) is 0 Å². The van der Waals surface area contributed by atoms with Crippen molar-refractivity contribution in [3.05, 3.63) is 35.4 Å². The predicted octanol–water partition coefficient (Wildman–Crippen LogP) is 2.94. The van der Waals surface area contributed by atoms with Gasteiger partial charge in [0.05, 0.1) is 5.25 Å². The topological polar surface area (TPSA) is 37.3 Å². The van der Waals surface area contributed by atoms with E-state index in [1.807, 2.05) is 31.2 Å². The molecule has 0 bridgehead atoms. The minimum Gasteiger partial charge on any atom is -0.396 e. The number of thioether (sulfide) groups is 1. The van der Waals surface area contributed by atoms with Crippen LogP contribution in [0.5, 0.6) is 0 Å². The number of hydrogen-bond acceptors (Lipinski definition) is 3. The zero-order valence-electron chi connectivity index (χ0n) is 10.5. The Morgan fingerprint density at radius 1 is 1.35 bits per heavy atom. The quantitative estimate of drug-likeness (QED) is 0.599. The molecule has 0 fully saturated rings. The lowest BCUT2D eigenvalue weighted by molar-refractivity contribution is 0.0994. The number of hydrogen-bond donors (Lipinski definition) is 1. The van der Waals surface area contributed by atoms with Crippen LogP contribution in [0.15, 0.2) is 24.3 Å². The lowest BCUT2D eigenvalue weighted by Crippen LogP contribution is -2.14. The van der Waals surface area contributed by atoms with E-state index in [0.29, 0.717) is 0 Å². The number of Topliss-reactive ketones (excluding diaryl/α,β-unsaturated/α-hetero) is 1. The van der Waals surface area contributed by atoms with Crippen LogP contribution in [0.4, 0.5) is 0 Å². The Kier molecular flexibility index (Phi) is 6.30. The first-order chi connectivity index (χ1) is 8.19. The van der Waals surface area contributed by atoms with Crippen LogP contribution in [-0.2, 0) is 6.42 Å². The first-order valence-corrected chi connectivity index (χ1v) is 7.09. The highest BCUT2D eigenvalue weighted by molar-refractivity contribution is 8.00. The molecule has 1 atom stereocenters. The second-order valence-corrected chi connectivity index (χ2v) is 5.45. The number of aliphatic hydroxyl groups is 1. The third kappa shape index (κ3) is 4.52. The molecule has 0 saturated heterocycles. The zero-order chi connectivity index (χ0) is 12.7. The normalized spacial score (nSPS) is 12.4. The van der Waals surface area contributed by atoms with E-state index in [0.717, 1.165) is 24.2 Å². The van der Waals surface area contributed by atoms with Crippen LogP contribution in [-0.4, -0.2) is 28.5 Å². The molecule has 1 rings (SSSR count). The Labute approximate surface area is 107 Å². The van der Waals surface area contributed by atoms with Gasteiger partial charge in [-0.05, 0) is 31.1 Å². The highest BCUT2D eigenvalue weighted by atomic mass is 32.2. The fourth-order valence-corrected chi connectivity index (χ4v) is 2.48. The fourth-order valence-electron chi connectivity index (χ4n) is 1.54. The van der Waals surface area contributed by atoms with Gasteiger partial charge in [0.2, 0.25) is 0 Å². The summed E-state index contributed by atoms with van der Waals surface area (Å²) >= 11 is 1.60. The molecule has 0 spiro atoms. The smallest absolute Gasteiger partial charge is 0.175 e. The Morgan fingerprint density at radius 3 is 2.53 bits per heavy atom. The number of rotatable bonds is 7. The number of aryl methyl sites for hydroxylation is 1. The molecule has 0 aliphatic carbocycles. The van der Waals surface area contributed by atoms with Crippen molar-refractivity contribution in [3.8, 4) is 0 Å². The van der Waals surface area contributed by atoms with E-state index < -0.39 is 0 Å². The summed E-state index contributed by atoms with van der Waals surface area (Å²) in [5.74, 6) is 1.01. The largest absolute Gasteiger partial charge is 0.396 e. The lowest BCUT2D eigenvalue weighted by atomic mass is 10.1. The van der Waals surface area contributed by atoms with Gasteiger partial charge in [0.15, 0.2) is 5.78 Å². The Bertz CT molecular complexity index is 346. The molecule has 1 N–H and O–H groups in total. The molecule has 0 amide bonds. The molecule has 0 radical (unpaired) electrons. The molecular weight excluding hydrogens is 232 g/mol. The number of carbonyl (C=O) groups excluding carboxylic acids is 1. The van der Waals surface area contributed by atoms with Crippen LogP contribution in [0.25, 0.3) is 0 Å². The van der Waals surface area contributed by atoms with Gasteiger partial charge >= 0.3 is 0 Å². The summed E-state index contributed by atoms with van der Waals surface area (Å²) in [5, 5.41) is 8.66. The van der Waals surface area contributed by atoms with Gasteiger partial charge in [-0.1, -0.05) is 31.2 Å². The molecule has 0 aliphatic rings. The van der Waals surface area contributed by atoms with E-state index in [2.05, 4.69) is 6.92 Å². The van der Waals surface area contributed by atoms with Crippen LogP contribution >= 0.6 is 11.8 Å². The number of carbonyl (C=O) groups is 1. The Morgan fingerprint density at radius 2 is 2.00 bits per heavy atom. The molecule has 94 valence electrons. The lowest BCUT2D eigenvalue weighted by Gasteiger charge is -2.10. The van der Waals surface area contributed by atoms with Gasteiger partial charge in [-0.15, -0.1) is 0 Å². The minimum absolute atomic E-state index is 0.0333. The molecule has 1 aromatic carbocycles. The second kappa shape index (κ2) is 7.51. The summed E-state index contributed by atoms with van der Waals surface area (Å²) in [6.45, 7) is 4.22. The monoisotopic (exact) mass is 252 g/mol. The van der Waals surface area contributed by atoms with E-state index in [1.54, 1.807) is 11.8 Å². The molecule has 2 nitrogen and oxygen atoms in total. The van der Waals surface area contributed by atoms with Gasteiger partial charge < -0.3 is 5.11 Å². The van der Waals surface area contributed by atoms with Crippen LogP contribution in [0.2, 0.25) is 0 Å². The summed E-state index contributed by atoms with van der Waals surface area (Å²) < 4.78 is 0. The maximum absolute atomic E-state index is 12.1. The highest BCUT2D eigenvalue weighted by Gasteiger charge is 2.14. The highest BCUT2D eigenvalue weighted by Crippen LogP contribution is 2.17. The van der Waals surface area contributed by atoms with E-state index in [4.69, 9.17) is 5.11 Å². The third-order valence-corrected chi connectivity index (χ3v) is 3.92. The Hall–Kier alpha value is -0.800.